The number of rotatable bonds is 13. The molecule has 0 aliphatic rings. The maximum absolute atomic E-state index is 8.91. The van der Waals surface area contributed by atoms with Crippen LogP contribution in [-0.4, -0.2) is 42.4 Å². The Bertz CT molecular complexity index is 873. The molecule has 2 rings (SSSR count). The van der Waals surface area contributed by atoms with Crippen LogP contribution in [0.1, 0.15) is 37.8 Å². The number of halogens is 2. The summed E-state index contributed by atoms with van der Waals surface area (Å²) in [5.74, 6) is 7.81. The van der Waals surface area contributed by atoms with Crippen molar-refractivity contribution in [2.45, 2.75) is 32.1 Å². The van der Waals surface area contributed by atoms with E-state index in [4.69, 9.17) is 49.4 Å². The number of hydrogen-bond acceptors (Lipinski definition) is 6. The molecule has 0 unspecified atom stereocenters. The molecule has 0 aliphatic carbocycles. The van der Waals surface area contributed by atoms with Gasteiger partial charge in [-0.2, -0.15) is 0 Å². The number of nitrogens with two attached hydrogens (primary N) is 2. The van der Waals surface area contributed by atoms with Crippen LogP contribution in [0, 0.1) is 0 Å². The zero-order valence-corrected chi connectivity index (χ0v) is 20.2. The monoisotopic (exact) mass is 481 g/mol. The van der Waals surface area contributed by atoms with Gasteiger partial charge >= 0.3 is 0 Å². The minimum Gasteiger partial charge on any atom is -0.494 e. The van der Waals surface area contributed by atoms with Crippen LogP contribution in [0.25, 0.3) is 0 Å². The van der Waals surface area contributed by atoms with Gasteiger partial charge in [-0.15, -0.1) is 11.6 Å². The molecule has 0 heterocycles. The maximum atomic E-state index is 8.91. The Morgan fingerprint density at radius 3 is 2.34 bits per heavy atom. The van der Waals surface area contributed by atoms with Gasteiger partial charge in [-0.05, 0) is 41.8 Å². The lowest BCUT2D eigenvalue weighted by atomic mass is 9.78. The Kier molecular flexibility index (Phi) is 10.5. The predicted molar refractivity (Wildman–Crippen MR) is 131 cm³/mol. The van der Waals surface area contributed by atoms with Gasteiger partial charge in [0.1, 0.15) is 11.5 Å². The summed E-state index contributed by atoms with van der Waals surface area (Å²) < 4.78 is 11.5. The van der Waals surface area contributed by atoms with E-state index in [2.05, 4.69) is 26.0 Å². The van der Waals surface area contributed by atoms with E-state index in [0.29, 0.717) is 42.1 Å². The lowest BCUT2D eigenvalue weighted by Crippen LogP contribution is -2.29. The fourth-order valence-electron chi connectivity index (χ4n) is 3.13. The van der Waals surface area contributed by atoms with Gasteiger partial charge in [0.05, 0.1) is 30.5 Å². The van der Waals surface area contributed by atoms with Gasteiger partial charge < -0.3 is 25.3 Å². The largest absolute Gasteiger partial charge is 0.494 e. The first-order valence-electron chi connectivity index (χ1n) is 10.6. The average Bonchev–Trinajstić information content (AvgIpc) is 2.78. The first-order chi connectivity index (χ1) is 15.3. The highest BCUT2D eigenvalue weighted by atomic mass is 35.5. The van der Waals surface area contributed by atoms with Crippen LogP contribution < -0.4 is 21.1 Å². The van der Waals surface area contributed by atoms with Crippen LogP contribution in [0.5, 0.6) is 11.5 Å². The van der Waals surface area contributed by atoms with Crippen LogP contribution in [0.4, 0.5) is 0 Å². The number of aliphatic hydroxyl groups excluding tert-OH is 1. The maximum Gasteiger partial charge on any atom is 0.137 e. The van der Waals surface area contributed by atoms with Crippen molar-refractivity contribution in [3.05, 3.63) is 70.5 Å². The van der Waals surface area contributed by atoms with E-state index < -0.39 is 0 Å². The van der Waals surface area contributed by atoms with Gasteiger partial charge in [0.2, 0.25) is 0 Å². The molecule has 5 N–H and O–H groups in total. The zero-order valence-electron chi connectivity index (χ0n) is 18.7. The molecule has 8 heteroatoms. The minimum atomic E-state index is -0.240. The molecular formula is C24H33Cl2N3O3. The summed E-state index contributed by atoms with van der Waals surface area (Å²) in [7, 11) is 0. The summed E-state index contributed by atoms with van der Waals surface area (Å²) >= 11 is 12.1. The van der Waals surface area contributed by atoms with E-state index in [-0.39, 0.29) is 12.0 Å². The lowest BCUT2D eigenvalue weighted by Gasteiger charge is -2.27. The Morgan fingerprint density at radius 2 is 1.72 bits per heavy atom. The Hall–Kier alpha value is -2.12. The summed E-state index contributed by atoms with van der Waals surface area (Å²) in [5, 5.41) is 10.9. The molecule has 0 aromatic heterocycles. The molecule has 0 bridgehead atoms. The van der Waals surface area contributed by atoms with E-state index in [1.807, 2.05) is 30.3 Å². The number of benzene rings is 2. The van der Waals surface area contributed by atoms with Gasteiger partial charge in [0, 0.05) is 30.5 Å². The van der Waals surface area contributed by atoms with Crippen LogP contribution in [0.2, 0.25) is 5.02 Å². The third kappa shape index (κ3) is 7.78. The number of alkyl halides is 1. The third-order valence-corrected chi connectivity index (χ3v) is 5.67. The summed E-state index contributed by atoms with van der Waals surface area (Å²) in [6.45, 7) is 5.73. The molecule has 6 nitrogen and oxygen atoms in total. The van der Waals surface area contributed by atoms with Gasteiger partial charge in [0.25, 0.3) is 0 Å². The van der Waals surface area contributed by atoms with Crippen molar-refractivity contribution in [2.75, 3.05) is 32.2 Å². The van der Waals surface area contributed by atoms with E-state index in [9.17, 15) is 0 Å². The topological polar surface area (TPSA) is 94.0 Å². The molecule has 176 valence electrons. The zero-order chi connectivity index (χ0) is 23.6. The SMILES string of the molecule is CC(C)(c1ccc(OCCCN(N)/C=C(\N)CO)cc1)c1ccc(OCCCCl)c(Cl)c1. The van der Waals surface area contributed by atoms with Gasteiger partial charge in [-0.3, -0.25) is 0 Å². The Labute approximate surface area is 200 Å². The number of ether oxygens (including phenoxy) is 2. The number of hydrazine groups is 1. The van der Waals surface area contributed by atoms with E-state index in [1.165, 1.54) is 11.2 Å². The van der Waals surface area contributed by atoms with Gasteiger partial charge in [-0.1, -0.05) is 43.6 Å². The summed E-state index contributed by atoms with van der Waals surface area (Å²) in [5.41, 5.74) is 7.87. The lowest BCUT2D eigenvalue weighted by molar-refractivity contribution is 0.275. The highest BCUT2D eigenvalue weighted by molar-refractivity contribution is 6.32. The first kappa shape index (κ1) is 26.1. The molecule has 2 aromatic rings. The first-order valence-corrected chi connectivity index (χ1v) is 11.5. The Balaban J connectivity index is 1.94. The Morgan fingerprint density at radius 1 is 1.06 bits per heavy atom. The van der Waals surface area contributed by atoms with Crippen molar-refractivity contribution in [1.29, 1.82) is 0 Å². The quantitative estimate of drug-likeness (QED) is 0.170. The molecule has 0 spiro atoms. The van der Waals surface area contributed by atoms with Gasteiger partial charge in [0.15, 0.2) is 0 Å². The predicted octanol–water partition coefficient (Wildman–Crippen LogP) is 4.41. The molecule has 0 saturated heterocycles. The minimum absolute atomic E-state index is 0.217. The molecule has 0 radical (unpaired) electrons. The number of hydrogen-bond donors (Lipinski definition) is 3. The van der Waals surface area contributed by atoms with E-state index in [0.717, 1.165) is 29.7 Å². The summed E-state index contributed by atoms with van der Waals surface area (Å²) in [6, 6.07) is 14.0. The molecular weight excluding hydrogens is 449 g/mol. The fraction of sp³-hybridized carbons (Fsp3) is 0.417. The summed E-state index contributed by atoms with van der Waals surface area (Å²) in [4.78, 5) is 0. The van der Waals surface area contributed by atoms with Crippen LogP contribution >= 0.6 is 23.2 Å². The normalized spacial score (nSPS) is 12.0. The highest BCUT2D eigenvalue weighted by Crippen LogP contribution is 2.36. The number of aliphatic hydroxyl groups is 1. The second kappa shape index (κ2) is 12.8. The smallest absolute Gasteiger partial charge is 0.137 e. The molecule has 32 heavy (non-hydrogen) atoms. The fourth-order valence-corrected chi connectivity index (χ4v) is 3.48. The average molecular weight is 482 g/mol. The number of nitrogens with zero attached hydrogens (tertiary/aromatic N) is 1. The van der Waals surface area contributed by atoms with Crippen LogP contribution in [0.3, 0.4) is 0 Å². The summed E-state index contributed by atoms with van der Waals surface area (Å²) in [6.07, 6.45) is 3.01. The molecule has 0 fully saturated rings. The van der Waals surface area contributed by atoms with Crippen molar-refractivity contribution >= 4 is 23.2 Å². The van der Waals surface area contributed by atoms with Crippen molar-refractivity contribution in [3.8, 4) is 11.5 Å². The van der Waals surface area contributed by atoms with E-state index in [1.54, 1.807) is 0 Å². The van der Waals surface area contributed by atoms with Crippen molar-refractivity contribution in [2.24, 2.45) is 11.6 Å². The molecule has 0 amide bonds. The molecule has 0 saturated carbocycles. The van der Waals surface area contributed by atoms with Crippen LogP contribution in [-0.2, 0) is 5.41 Å². The third-order valence-electron chi connectivity index (χ3n) is 5.11. The van der Waals surface area contributed by atoms with Crippen molar-refractivity contribution < 1.29 is 14.6 Å². The van der Waals surface area contributed by atoms with Crippen LogP contribution in [0.15, 0.2) is 54.4 Å². The van der Waals surface area contributed by atoms with Crippen molar-refractivity contribution in [1.82, 2.24) is 5.01 Å². The second-order valence-corrected chi connectivity index (χ2v) is 8.77. The molecule has 0 atom stereocenters. The standard InChI is InChI=1S/C24H33Cl2N3O3/c1-24(2,19-7-10-23(22(26)15-19)32-13-3-11-25)18-5-8-21(9-6-18)31-14-4-12-29(28)16-20(27)17-30/h5-10,15-16,30H,3-4,11-14,17,27-28H2,1-2H3/b20-16-. The second-order valence-electron chi connectivity index (χ2n) is 7.99. The van der Waals surface area contributed by atoms with E-state index >= 15 is 0 Å². The molecule has 0 aliphatic heterocycles. The van der Waals surface area contributed by atoms with Gasteiger partial charge in [-0.25, -0.2) is 5.84 Å². The molecule has 2 aromatic carbocycles. The highest BCUT2D eigenvalue weighted by Gasteiger charge is 2.24. The van der Waals surface area contributed by atoms with Crippen molar-refractivity contribution in [3.63, 3.8) is 0 Å².